The zero-order chi connectivity index (χ0) is 13.2. The number of benzene rings is 1. The normalized spacial score (nSPS) is 19.6. The Hall–Kier alpha value is -1.39. The third-order valence-corrected chi connectivity index (χ3v) is 4.45. The number of para-hydroxylation sites is 1. The molecule has 2 heterocycles. The van der Waals surface area contributed by atoms with Gasteiger partial charge in [-0.2, -0.15) is 0 Å². The third kappa shape index (κ3) is 2.80. The predicted molar refractivity (Wildman–Crippen MR) is 77.7 cm³/mol. The molecule has 0 fully saturated rings. The van der Waals surface area contributed by atoms with Crippen molar-refractivity contribution >= 4 is 11.3 Å². The molecule has 1 aliphatic rings. The molecule has 0 aliphatic carbocycles. The van der Waals surface area contributed by atoms with E-state index in [-0.39, 0.29) is 6.04 Å². The Balaban J connectivity index is 1.67. The van der Waals surface area contributed by atoms with Crippen molar-refractivity contribution in [1.29, 1.82) is 0 Å². The molecule has 2 unspecified atom stereocenters. The molecule has 2 N–H and O–H groups in total. The van der Waals surface area contributed by atoms with Crippen molar-refractivity contribution in [3.05, 3.63) is 45.9 Å². The molecule has 0 radical (unpaired) electrons. The van der Waals surface area contributed by atoms with Crippen LogP contribution in [0.4, 0.5) is 0 Å². The van der Waals surface area contributed by atoms with Crippen LogP contribution in [0.5, 0.6) is 5.75 Å². The highest BCUT2D eigenvalue weighted by Gasteiger charge is 2.25. The van der Waals surface area contributed by atoms with Gasteiger partial charge in [-0.15, -0.1) is 11.3 Å². The quantitative estimate of drug-likeness (QED) is 0.936. The fourth-order valence-corrected chi connectivity index (χ4v) is 3.16. The van der Waals surface area contributed by atoms with E-state index >= 15 is 0 Å². The molecule has 19 heavy (non-hydrogen) atoms. The van der Waals surface area contributed by atoms with E-state index in [9.17, 15) is 0 Å². The van der Waals surface area contributed by atoms with Gasteiger partial charge in [-0.25, -0.2) is 4.98 Å². The molecule has 3 nitrogen and oxygen atoms in total. The maximum Gasteiger partial charge on any atom is 0.122 e. The second-order valence-corrected chi connectivity index (χ2v) is 6.17. The van der Waals surface area contributed by atoms with Crippen LogP contribution in [0.2, 0.25) is 0 Å². The first-order valence-corrected chi connectivity index (χ1v) is 7.47. The van der Waals surface area contributed by atoms with Crippen LogP contribution in [-0.2, 0) is 12.8 Å². The summed E-state index contributed by atoms with van der Waals surface area (Å²) in [5.74, 6) is 1.38. The highest BCUT2D eigenvalue weighted by Crippen LogP contribution is 2.28. The number of hydrogen-bond acceptors (Lipinski definition) is 4. The molecule has 1 aliphatic heterocycles. The first-order chi connectivity index (χ1) is 9.22. The van der Waals surface area contributed by atoms with Gasteiger partial charge in [-0.3, -0.25) is 0 Å². The highest BCUT2D eigenvalue weighted by atomic mass is 32.1. The summed E-state index contributed by atoms with van der Waals surface area (Å²) in [6.45, 7) is 2.74. The van der Waals surface area contributed by atoms with Gasteiger partial charge in [0, 0.05) is 23.8 Å². The largest absolute Gasteiger partial charge is 0.493 e. The van der Waals surface area contributed by atoms with Crippen molar-refractivity contribution in [1.82, 2.24) is 4.98 Å². The fraction of sp³-hybridized carbons (Fsp3) is 0.400. The smallest absolute Gasteiger partial charge is 0.122 e. The third-order valence-electron chi connectivity index (χ3n) is 3.62. The Morgan fingerprint density at radius 1 is 1.47 bits per heavy atom. The molecule has 2 aromatic rings. The van der Waals surface area contributed by atoms with Crippen molar-refractivity contribution in [3.8, 4) is 5.75 Å². The summed E-state index contributed by atoms with van der Waals surface area (Å²) in [5, 5.41) is 3.21. The van der Waals surface area contributed by atoms with E-state index in [0.29, 0.717) is 12.5 Å². The molecule has 100 valence electrons. The van der Waals surface area contributed by atoms with Gasteiger partial charge in [0.15, 0.2) is 0 Å². The topological polar surface area (TPSA) is 48.1 Å². The van der Waals surface area contributed by atoms with Crippen LogP contribution >= 0.6 is 11.3 Å². The monoisotopic (exact) mass is 274 g/mol. The molecule has 0 saturated heterocycles. The van der Waals surface area contributed by atoms with Crippen LogP contribution in [0.3, 0.4) is 0 Å². The molecular weight excluding hydrogens is 256 g/mol. The Morgan fingerprint density at radius 3 is 3.11 bits per heavy atom. The zero-order valence-corrected chi connectivity index (χ0v) is 11.8. The molecule has 0 amide bonds. The van der Waals surface area contributed by atoms with Crippen LogP contribution in [0.1, 0.15) is 16.3 Å². The number of nitrogens with two attached hydrogens (primary N) is 1. The molecular formula is C15H18N2OS. The van der Waals surface area contributed by atoms with Gasteiger partial charge in [0.2, 0.25) is 0 Å². The lowest BCUT2D eigenvalue weighted by Gasteiger charge is -2.29. The van der Waals surface area contributed by atoms with Crippen molar-refractivity contribution in [2.75, 3.05) is 6.61 Å². The molecule has 1 aromatic heterocycles. The number of hydrogen-bond donors (Lipinski definition) is 1. The predicted octanol–water partition coefficient (Wildman–Crippen LogP) is 2.57. The summed E-state index contributed by atoms with van der Waals surface area (Å²) in [4.78, 5) is 4.49. The Labute approximate surface area is 117 Å². The van der Waals surface area contributed by atoms with Gasteiger partial charge >= 0.3 is 0 Å². The second-order valence-electron chi connectivity index (χ2n) is 5.11. The van der Waals surface area contributed by atoms with E-state index in [1.54, 1.807) is 11.3 Å². The van der Waals surface area contributed by atoms with Crippen LogP contribution in [0.25, 0.3) is 0 Å². The summed E-state index contributed by atoms with van der Waals surface area (Å²) in [7, 11) is 0. The molecule has 4 heteroatoms. The van der Waals surface area contributed by atoms with E-state index in [0.717, 1.165) is 29.3 Å². The van der Waals surface area contributed by atoms with Crippen molar-refractivity contribution < 1.29 is 4.74 Å². The minimum absolute atomic E-state index is 0.106. The lowest BCUT2D eigenvalue weighted by atomic mass is 9.89. The lowest BCUT2D eigenvalue weighted by Crippen LogP contribution is -2.39. The van der Waals surface area contributed by atoms with Crippen LogP contribution in [-0.4, -0.2) is 17.6 Å². The number of rotatable bonds is 3. The summed E-state index contributed by atoms with van der Waals surface area (Å²) in [6.07, 6.45) is 1.83. The summed E-state index contributed by atoms with van der Waals surface area (Å²) < 4.78 is 5.80. The number of aromatic nitrogens is 1. The zero-order valence-electron chi connectivity index (χ0n) is 11.0. The van der Waals surface area contributed by atoms with E-state index in [1.807, 2.05) is 19.1 Å². The first-order valence-electron chi connectivity index (χ1n) is 6.59. The van der Waals surface area contributed by atoms with Gasteiger partial charge < -0.3 is 10.5 Å². The molecule has 0 spiro atoms. The molecule has 0 saturated carbocycles. The van der Waals surface area contributed by atoms with Gasteiger partial charge in [0.05, 0.1) is 17.3 Å². The van der Waals surface area contributed by atoms with E-state index < -0.39 is 0 Å². The number of nitrogens with zero attached hydrogens (tertiary/aromatic N) is 1. The standard InChI is InChI=1S/C15H18N2OS/c1-10-17-13(9-19-10)7-14(16)12-6-11-4-2-3-5-15(11)18-8-12/h2-5,9,12,14H,6-8,16H2,1H3. The average molecular weight is 274 g/mol. The number of thiazole rings is 1. The Bertz CT molecular complexity index is 567. The van der Waals surface area contributed by atoms with E-state index in [1.165, 1.54) is 5.56 Å². The number of aryl methyl sites for hydroxylation is 1. The Morgan fingerprint density at radius 2 is 2.32 bits per heavy atom. The van der Waals surface area contributed by atoms with Crippen molar-refractivity contribution in [2.45, 2.75) is 25.8 Å². The van der Waals surface area contributed by atoms with Crippen molar-refractivity contribution in [2.24, 2.45) is 11.7 Å². The van der Waals surface area contributed by atoms with Crippen LogP contribution in [0.15, 0.2) is 29.6 Å². The maximum absolute atomic E-state index is 6.33. The lowest BCUT2D eigenvalue weighted by molar-refractivity contribution is 0.198. The first kappa shape index (κ1) is 12.6. The maximum atomic E-state index is 6.33. The SMILES string of the molecule is Cc1nc(CC(N)C2COc3ccccc3C2)cs1. The summed E-state index contributed by atoms with van der Waals surface area (Å²) in [5.41, 5.74) is 8.70. The van der Waals surface area contributed by atoms with Crippen molar-refractivity contribution in [3.63, 3.8) is 0 Å². The molecule has 3 rings (SSSR count). The van der Waals surface area contributed by atoms with Gasteiger partial charge in [0.1, 0.15) is 5.75 Å². The summed E-state index contributed by atoms with van der Waals surface area (Å²) in [6, 6.07) is 8.33. The average Bonchev–Trinajstić information content (AvgIpc) is 2.83. The number of ether oxygens (including phenoxy) is 1. The van der Waals surface area contributed by atoms with Gasteiger partial charge in [-0.1, -0.05) is 18.2 Å². The molecule has 0 bridgehead atoms. The van der Waals surface area contributed by atoms with E-state index in [4.69, 9.17) is 10.5 Å². The second kappa shape index (κ2) is 5.31. The fourth-order valence-electron chi connectivity index (χ4n) is 2.54. The van der Waals surface area contributed by atoms with Gasteiger partial charge in [-0.05, 0) is 25.0 Å². The summed E-state index contributed by atoms with van der Waals surface area (Å²) >= 11 is 1.68. The number of fused-ring (bicyclic) bond motifs is 1. The minimum Gasteiger partial charge on any atom is -0.493 e. The molecule has 1 aromatic carbocycles. The van der Waals surface area contributed by atoms with E-state index in [2.05, 4.69) is 22.5 Å². The minimum atomic E-state index is 0.106. The highest BCUT2D eigenvalue weighted by molar-refractivity contribution is 7.09. The molecule has 2 atom stereocenters. The van der Waals surface area contributed by atoms with Crippen LogP contribution < -0.4 is 10.5 Å². The Kier molecular flexibility index (Phi) is 3.53. The van der Waals surface area contributed by atoms with Crippen LogP contribution in [0, 0.1) is 12.8 Å². The van der Waals surface area contributed by atoms with Gasteiger partial charge in [0.25, 0.3) is 0 Å².